The molecule has 7 heteroatoms. The molecule has 1 N–H and O–H groups in total. The normalized spacial score (nSPS) is 62.4. The van der Waals surface area contributed by atoms with Gasteiger partial charge in [-0.2, -0.15) is 0 Å². The van der Waals surface area contributed by atoms with Gasteiger partial charge in [-0.3, -0.25) is 4.79 Å². The Morgan fingerprint density at radius 2 is 1.92 bits per heavy atom. The van der Waals surface area contributed by atoms with E-state index in [2.05, 4.69) is 6.58 Å². The third-order valence-corrected chi connectivity index (χ3v) is 7.47. The first-order valence-corrected chi connectivity index (χ1v) is 8.59. The third-order valence-electron chi connectivity index (χ3n) is 7.47. The largest absolute Gasteiger partial charge is 0.459 e. The van der Waals surface area contributed by atoms with Crippen molar-refractivity contribution in [3.8, 4) is 0 Å². The molecule has 0 aromatic rings. The highest BCUT2D eigenvalue weighted by Crippen LogP contribution is 2.75. The Kier molecular flexibility index (Phi) is 2.14. The molecule has 1 spiro atoms. The van der Waals surface area contributed by atoms with E-state index in [9.17, 15) is 14.7 Å². The van der Waals surface area contributed by atoms with Gasteiger partial charge in [0.25, 0.3) is 0 Å². The van der Waals surface area contributed by atoms with Crippen LogP contribution >= 0.6 is 0 Å². The van der Waals surface area contributed by atoms with Gasteiger partial charge >= 0.3 is 11.9 Å². The second kappa shape index (κ2) is 3.70. The van der Waals surface area contributed by atoms with E-state index in [0.717, 1.165) is 5.57 Å². The fraction of sp³-hybridized carbons (Fsp3) is 0.667. The molecule has 5 fully saturated rings. The first-order chi connectivity index (χ1) is 11.8. The minimum Gasteiger partial charge on any atom is -0.459 e. The van der Waals surface area contributed by atoms with Gasteiger partial charge in [0.1, 0.15) is 23.7 Å². The van der Waals surface area contributed by atoms with Crippen molar-refractivity contribution in [3.05, 3.63) is 24.3 Å². The molecule has 6 aliphatic rings. The summed E-state index contributed by atoms with van der Waals surface area (Å²) in [4.78, 5) is 24.9. The van der Waals surface area contributed by atoms with E-state index >= 15 is 0 Å². The van der Waals surface area contributed by atoms with E-state index in [1.165, 1.54) is 6.08 Å². The van der Waals surface area contributed by atoms with Crippen molar-refractivity contribution in [2.45, 2.75) is 56.1 Å². The molecule has 2 aliphatic carbocycles. The highest BCUT2D eigenvalue weighted by molar-refractivity contribution is 5.88. The van der Waals surface area contributed by atoms with Gasteiger partial charge in [-0.25, -0.2) is 4.79 Å². The number of carbonyl (C=O) groups excluding carboxylic acids is 2. The van der Waals surface area contributed by atoms with Gasteiger partial charge in [-0.1, -0.05) is 13.5 Å². The highest BCUT2D eigenvalue weighted by atomic mass is 16.7. The zero-order valence-corrected chi connectivity index (χ0v) is 13.8. The van der Waals surface area contributed by atoms with Gasteiger partial charge in [0.05, 0.1) is 12.2 Å². The average Bonchev–Trinajstić information content (AvgIpc) is 3.46. The Bertz CT molecular complexity index is 803. The molecule has 6 rings (SSSR count). The predicted octanol–water partition coefficient (Wildman–Crippen LogP) is -0.129. The van der Waals surface area contributed by atoms with Gasteiger partial charge in [0.15, 0.2) is 11.7 Å². The molecule has 3 saturated heterocycles. The van der Waals surface area contributed by atoms with Crippen molar-refractivity contribution >= 4 is 11.9 Å². The van der Waals surface area contributed by atoms with Crippen LogP contribution in [0.25, 0.3) is 0 Å². The van der Waals surface area contributed by atoms with E-state index in [4.69, 9.17) is 18.9 Å². The lowest BCUT2D eigenvalue weighted by atomic mass is 9.46. The number of esters is 2. The Balaban J connectivity index is 1.62. The maximum atomic E-state index is 12.7. The Hall–Kier alpha value is -1.70. The second-order valence-electron chi connectivity index (χ2n) is 8.36. The molecule has 4 heterocycles. The summed E-state index contributed by atoms with van der Waals surface area (Å²) < 4.78 is 23.0. The van der Waals surface area contributed by atoms with Gasteiger partial charge in [-0.05, 0) is 18.6 Å². The molecule has 4 aliphatic heterocycles. The Morgan fingerprint density at radius 1 is 1.16 bits per heavy atom. The van der Waals surface area contributed by atoms with Gasteiger partial charge in [0, 0.05) is 17.4 Å². The van der Waals surface area contributed by atoms with E-state index in [1.54, 1.807) is 13.0 Å². The number of rotatable bonds is 1. The number of epoxide rings is 2. The van der Waals surface area contributed by atoms with Crippen molar-refractivity contribution in [2.24, 2.45) is 16.7 Å². The van der Waals surface area contributed by atoms with E-state index in [1.807, 2.05) is 6.92 Å². The van der Waals surface area contributed by atoms with Crippen LogP contribution in [0.2, 0.25) is 0 Å². The smallest absolute Gasteiger partial charge is 0.331 e. The van der Waals surface area contributed by atoms with Crippen molar-refractivity contribution < 1.29 is 33.6 Å². The topological polar surface area (TPSA) is 97.9 Å². The van der Waals surface area contributed by atoms with Crippen molar-refractivity contribution in [1.82, 2.24) is 0 Å². The minimum atomic E-state index is -1.08. The zero-order chi connectivity index (χ0) is 17.5. The molecule has 0 aromatic carbocycles. The van der Waals surface area contributed by atoms with E-state index < -0.39 is 58.9 Å². The lowest BCUT2D eigenvalue weighted by molar-refractivity contribution is -0.155. The van der Waals surface area contributed by atoms with Crippen LogP contribution in [0.3, 0.4) is 0 Å². The summed E-state index contributed by atoms with van der Waals surface area (Å²) in [6, 6.07) is 0. The molecular weight excluding hydrogens is 328 g/mol. The molecule has 0 aromatic heterocycles. The summed E-state index contributed by atoms with van der Waals surface area (Å²) in [5, 5.41) is 10.7. The van der Waals surface area contributed by atoms with Crippen LogP contribution in [0, 0.1) is 16.7 Å². The van der Waals surface area contributed by atoms with Crippen LogP contribution in [0.1, 0.15) is 13.8 Å². The van der Waals surface area contributed by atoms with Crippen LogP contribution in [0.15, 0.2) is 24.3 Å². The molecule has 10 unspecified atom stereocenters. The third kappa shape index (κ3) is 1.21. The molecule has 25 heavy (non-hydrogen) atoms. The first-order valence-electron chi connectivity index (χ1n) is 8.59. The van der Waals surface area contributed by atoms with Crippen LogP contribution < -0.4 is 0 Å². The number of carbonyl (C=O) groups is 2. The van der Waals surface area contributed by atoms with Crippen LogP contribution in [-0.4, -0.2) is 59.3 Å². The monoisotopic (exact) mass is 346 g/mol. The maximum Gasteiger partial charge on any atom is 0.331 e. The molecule has 132 valence electrons. The maximum absolute atomic E-state index is 12.7. The fourth-order valence-electron chi connectivity index (χ4n) is 6.34. The number of ether oxygens (including phenoxy) is 4. The van der Waals surface area contributed by atoms with Gasteiger partial charge in [0.2, 0.25) is 0 Å². The molecule has 0 radical (unpaired) electrons. The summed E-state index contributed by atoms with van der Waals surface area (Å²) >= 11 is 0. The molecule has 10 atom stereocenters. The van der Waals surface area contributed by atoms with E-state index in [0.29, 0.717) is 0 Å². The summed E-state index contributed by atoms with van der Waals surface area (Å²) in [5.41, 5.74) is -1.78. The number of hydrogen-bond donors (Lipinski definition) is 1. The lowest BCUT2D eigenvalue weighted by Crippen LogP contribution is -2.65. The van der Waals surface area contributed by atoms with Crippen molar-refractivity contribution in [1.29, 1.82) is 0 Å². The molecule has 0 amide bonds. The number of fused-ring (bicyclic) bond motifs is 4. The number of aliphatic hydroxyl groups is 1. The second-order valence-corrected chi connectivity index (χ2v) is 8.36. The molecule has 7 nitrogen and oxygen atoms in total. The fourth-order valence-corrected chi connectivity index (χ4v) is 6.34. The van der Waals surface area contributed by atoms with Crippen molar-refractivity contribution in [3.63, 3.8) is 0 Å². The Labute approximate surface area is 143 Å². The van der Waals surface area contributed by atoms with Crippen molar-refractivity contribution in [2.75, 3.05) is 0 Å². The summed E-state index contributed by atoms with van der Waals surface area (Å²) in [6.45, 7) is 7.51. The van der Waals surface area contributed by atoms with Gasteiger partial charge in [-0.15, -0.1) is 0 Å². The standard InChI is InChI=1S/C18H18O7/c1-4-7-18-6(5-8(19)22-7)16(2)11-9(14(18)25-18)24-15(21)17(11,3)12(20)10-13(16)23-10/h4-5,7,9-14,20H,1H2,2-3H3. The summed E-state index contributed by atoms with van der Waals surface area (Å²) in [7, 11) is 0. The number of aliphatic hydroxyl groups excluding tert-OH is 1. The quantitative estimate of drug-likeness (QED) is 0.401. The molecular formula is C18H18O7. The van der Waals surface area contributed by atoms with Gasteiger partial charge < -0.3 is 24.1 Å². The number of hydrogen-bond acceptors (Lipinski definition) is 7. The molecule has 0 bridgehead atoms. The zero-order valence-electron chi connectivity index (χ0n) is 13.8. The van der Waals surface area contributed by atoms with Crippen LogP contribution in [0.4, 0.5) is 0 Å². The Morgan fingerprint density at radius 3 is 2.64 bits per heavy atom. The predicted molar refractivity (Wildman–Crippen MR) is 80.0 cm³/mol. The SMILES string of the molecule is C=CC1OC(=O)C=C2C3(C)C4OC4C(O)C4(C)C(=O)OC(C43)C3OC213. The van der Waals surface area contributed by atoms with Crippen LogP contribution in [0.5, 0.6) is 0 Å². The van der Waals surface area contributed by atoms with E-state index in [-0.39, 0.29) is 12.0 Å². The summed E-state index contributed by atoms with van der Waals surface area (Å²) in [5.74, 6) is -1.20. The summed E-state index contributed by atoms with van der Waals surface area (Å²) in [6.07, 6.45) is -0.125. The van der Waals surface area contributed by atoms with Crippen LogP contribution in [-0.2, 0) is 28.5 Å². The first kappa shape index (κ1) is 14.5. The highest BCUT2D eigenvalue weighted by Gasteiger charge is 2.88. The minimum absolute atomic E-state index is 0.276. The molecule has 2 saturated carbocycles. The average molecular weight is 346 g/mol. The number of cyclic esters (lactones) is 1. The lowest BCUT2D eigenvalue weighted by Gasteiger charge is -2.53.